The summed E-state index contributed by atoms with van der Waals surface area (Å²) in [5, 5.41) is 11.9. The van der Waals surface area contributed by atoms with Crippen LogP contribution in [0.4, 0.5) is 4.39 Å². The minimum atomic E-state index is -0.353. The highest BCUT2D eigenvalue weighted by Gasteiger charge is 2.24. The second-order valence-corrected chi connectivity index (χ2v) is 4.72. The van der Waals surface area contributed by atoms with Crippen molar-refractivity contribution in [2.75, 3.05) is 6.54 Å². The zero-order valence-corrected chi connectivity index (χ0v) is 10.8. The van der Waals surface area contributed by atoms with Gasteiger partial charge < -0.3 is 9.88 Å². The fraction of sp³-hybridized carbons (Fsp3) is 0.462. The third-order valence-electron chi connectivity index (χ3n) is 3.36. The molecule has 2 aromatic heterocycles. The van der Waals surface area contributed by atoms with Gasteiger partial charge in [0.25, 0.3) is 0 Å². The van der Waals surface area contributed by atoms with Crippen molar-refractivity contribution in [3.8, 4) is 11.4 Å². The summed E-state index contributed by atoms with van der Waals surface area (Å²) in [6, 6.07) is 1.68. The van der Waals surface area contributed by atoms with E-state index >= 15 is 0 Å². The minimum absolute atomic E-state index is 0.238. The molecule has 0 radical (unpaired) electrons. The van der Waals surface area contributed by atoms with E-state index in [1.807, 2.05) is 0 Å². The van der Waals surface area contributed by atoms with E-state index in [1.165, 1.54) is 12.3 Å². The number of hydrogen-bond donors (Lipinski definition) is 1. The summed E-state index contributed by atoms with van der Waals surface area (Å²) in [6.45, 7) is 3.83. The van der Waals surface area contributed by atoms with Crippen LogP contribution in [-0.2, 0) is 6.54 Å². The van der Waals surface area contributed by atoms with Gasteiger partial charge in [0.15, 0.2) is 11.6 Å². The summed E-state index contributed by atoms with van der Waals surface area (Å²) >= 11 is 0. The molecule has 100 valence electrons. The van der Waals surface area contributed by atoms with Crippen molar-refractivity contribution in [1.82, 2.24) is 25.1 Å². The molecule has 1 N–H and O–H groups in total. The number of aromatic nitrogens is 4. The lowest BCUT2D eigenvalue weighted by atomic mass is 10.1. The molecule has 3 heterocycles. The summed E-state index contributed by atoms with van der Waals surface area (Å²) < 4.78 is 15.3. The molecule has 6 heteroatoms. The zero-order chi connectivity index (χ0) is 13.2. The van der Waals surface area contributed by atoms with Crippen LogP contribution in [0.3, 0.4) is 0 Å². The third kappa shape index (κ3) is 2.23. The standard InChI is InChI=1S/C13H16FN5/c1-2-3-11-13-18-17-12(19(13)5-4-16-11)9-6-10(14)8-15-7-9/h6-8,11,16H,2-5H2,1H3. The SMILES string of the molecule is CCCC1NCCn2c(-c3cncc(F)c3)nnc21. The number of fused-ring (bicyclic) bond motifs is 1. The second-order valence-electron chi connectivity index (χ2n) is 4.72. The average molecular weight is 261 g/mol. The average Bonchev–Trinajstić information content (AvgIpc) is 2.84. The molecule has 1 unspecified atom stereocenters. The topological polar surface area (TPSA) is 55.6 Å². The van der Waals surface area contributed by atoms with Crippen LogP contribution in [0.15, 0.2) is 18.5 Å². The molecule has 0 amide bonds. The third-order valence-corrected chi connectivity index (χ3v) is 3.36. The smallest absolute Gasteiger partial charge is 0.165 e. The highest BCUT2D eigenvalue weighted by Crippen LogP contribution is 2.25. The van der Waals surface area contributed by atoms with Crippen molar-refractivity contribution in [1.29, 1.82) is 0 Å². The quantitative estimate of drug-likeness (QED) is 0.917. The first-order valence-corrected chi connectivity index (χ1v) is 6.57. The Morgan fingerprint density at radius 2 is 2.32 bits per heavy atom. The van der Waals surface area contributed by atoms with Crippen molar-refractivity contribution in [3.63, 3.8) is 0 Å². The van der Waals surface area contributed by atoms with Crippen molar-refractivity contribution in [2.45, 2.75) is 32.4 Å². The van der Waals surface area contributed by atoms with Crippen LogP contribution in [0.25, 0.3) is 11.4 Å². The Morgan fingerprint density at radius 3 is 3.11 bits per heavy atom. The Morgan fingerprint density at radius 1 is 1.42 bits per heavy atom. The fourth-order valence-corrected chi connectivity index (χ4v) is 2.50. The predicted octanol–water partition coefficient (Wildman–Crippen LogP) is 1.92. The Labute approximate surface area is 110 Å². The van der Waals surface area contributed by atoms with Gasteiger partial charge in [0.05, 0.1) is 12.2 Å². The van der Waals surface area contributed by atoms with Crippen LogP contribution in [-0.4, -0.2) is 26.3 Å². The minimum Gasteiger partial charge on any atom is -0.308 e. The van der Waals surface area contributed by atoms with Gasteiger partial charge in [-0.25, -0.2) is 4.39 Å². The molecule has 0 bridgehead atoms. The molecular formula is C13H16FN5. The monoisotopic (exact) mass is 261 g/mol. The van der Waals surface area contributed by atoms with Crippen molar-refractivity contribution >= 4 is 0 Å². The van der Waals surface area contributed by atoms with Crippen molar-refractivity contribution in [2.24, 2.45) is 0 Å². The molecule has 1 atom stereocenters. The van der Waals surface area contributed by atoms with Crippen LogP contribution in [0, 0.1) is 5.82 Å². The molecule has 0 saturated carbocycles. The molecule has 0 saturated heterocycles. The summed E-state index contributed by atoms with van der Waals surface area (Å²) in [6.07, 6.45) is 4.93. The van der Waals surface area contributed by atoms with Gasteiger partial charge in [-0.15, -0.1) is 10.2 Å². The molecule has 5 nitrogen and oxygen atoms in total. The molecule has 1 aliphatic heterocycles. The van der Waals surface area contributed by atoms with Crippen LogP contribution < -0.4 is 5.32 Å². The van der Waals surface area contributed by atoms with E-state index in [0.717, 1.165) is 31.8 Å². The van der Waals surface area contributed by atoms with E-state index in [1.54, 1.807) is 6.20 Å². The Hall–Kier alpha value is -1.82. The summed E-state index contributed by atoms with van der Waals surface area (Å²) in [5.74, 6) is 1.28. The van der Waals surface area contributed by atoms with E-state index in [4.69, 9.17) is 0 Å². The number of hydrogen-bond acceptors (Lipinski definition) is 4. The zero-order valence-electron chi connectivity index (χ0n) is 10.8. The van der Waals surface area contributed by atoms with E-state index < -0.39 is 0 Å². The molecule has 2 aromatic rings. The summed E-state index contributed by atoms with van der Waals surface area (Å²) in [7, 11) is 0. The first kappa shape index (κ1) is 12.2. The van der Waals surface area contributed by atoms with Crippen LogP contribution in [0.2, 0.25) is 0 Å². The maximum absolute atomic E-state index is 13.3. The first-order chi connectivity index (χ1) is 9.29. The van der Waals surface area contributed by atoms with Gasteiger partial charge in [-0.2, -0.15) is 0 Å². The largest absolute Gasteiger partial charge is 0.308 e. The number of pyridine rings is 1. The lowest BCUT2D eigenvalue weighted by molar-refractivity contribution is 0.394. The van der Waals surface area contributed by atoms with Gasteiger partial charge in [-0.05, 0) is 12.5 Å². The van der Waals surface area contributed by atoms with Gasteiger partial charge in [-0.1, -0.05) is 13.3 Å². The number of rotatable bonds is 3. The number of nitrogens with zero attached hydrogens (tertiary/aromatic N) is 4. The second kappa shape index (κ2) is 5.05. The van der Waals surface area contributed by atoms with E-state index in [2.05, 4.69) is 32.0 Å². The molecule has 19 heavy (non-hydrogen) atoms. The predicted molar refractivity (Wildman–Crippen MR) is 68.9 cm³/mol. The van der Waals surface area contributed by atoms with E-state index in [9.17, 15) is 4.39 Å². The van der Waals surface area contributed by atoms with Gasteiger partial charge in [-0.3, -0.25) is 4.98 Å². The molecule has 0 aliphatic carbocycles. The molecule has 0 spiro atoms. The number of halogens is 1. The van der Waals surface area contributed by atoms with Crippen LogP contribution >= 0.6 is 0 Å². The molecule has 1 aliphatic rings. The summed E-state index contributed by atoms with van der Waals surface area (Å²) in [5.41, 5.74) is 0.677. The Bertz CT molecular complexity index is 580. The highest BCUT2D eigenvalue weighted by atomic mass is 19.1. The molecule has 0 fully saturated rings. The summed E-state index contributed by atoms with van der Waals surface area (Å²) in [4.78, 5) is 3.87. The highest BCUT2D eigenvalue weighted by molar-refractivity contribution is 5.54. The van der Waals surface area contributed by atoms with Crippen molar-refractivity contribution < 1.29 is 4.39 Å². The van der Waals surface area contributed by atoms with Gasteiger partial charge in [0.1, 0.15) is 5.82 Å². The lowest BCUT2D eigenvalue weighted by Crippen LogP contribution is -2.33. The van der Waals surface area contributed by atoms with Gasteiger partial charge >= 0.3 is 0 Å². The lowest BCUT2D eigenvalue weighted by Gasteiger charge is -2.24. The normalized spacial score (nSPS) is 18.3. The van der Waals surface area contributed by atoms with Crippen LogP contribution in [0.1, 0.15) is 31.6 Å². The number of nitrogens with one attached hydrogen (secondary N) is 1. The first-order valence-electron chi connectivity index (χ1n) is 6.57. The Kier molecular flexibility index (Phi) is 3.25. The fourth-order valence-electron chi connectivity index (χ4n) is 2.50. The van der Waals surface area contributed by atoms with E-state index in [-0.39, 0.29) is 11.9 Å². The van der Waals surface area contributed by atoms with Crippen molar-refractivity contribution in [3.05, 3.63) is 30.1 Å². The maximum atomic E-state index is 13.3. The maximum Gasteiger partial charge on any atom is 0.165 e. The molecular weight excluding hydrogens is 245 g/mol. The molecule has 3 rings (SSSR count). The molecule has 0 aromatic carbocycles. The van der Waals surface area contributed by atoms with Crippen LogP contribution in [0.5, 0.6) is 0 Å². The van der Waals surface area contributed by atoms with E-state index in [0.29, 0.717) is 11.4 Å². The van der Waals surface area contributed by atoms with Gasteiger partial charge in [0, 0.05) is 24.8 Å². The Balaban J connectivity index is 2.01. The van der Waals surface area contributed by atoms with Gasteiger partial charge in [0.2, 0.25) is 0 Å².